The summed E-state index contributed by atoms with van der Waals surface area (Å²) in [5.41, 5.74) is 3.09. The van der Waals surface area contributed by atoms with E-state index in [0.717, 1.165) is 5.56 Å². The minimum absolute atomic E-state index is 0.169. The normalized spacial score (nSPS) is 10.9. The SMILES string of the molecule is COC(=O)c1c(/C=C/c2c(-c3ccccc3)noc2Cl)cccc1OC. The standard InChI is InChI=1S/C20H16ClNO4/c1-24-16-10-6-9-13(17(16)20(23)25-2)11-12-15-18(22-26-19(15)21)14-7-4-3-5-8-14/h3-12H,1-2H3/b12-11+. The highest BCUT2D eigenvalue weighted by atomic mass is 35.5. The number of hydrogen-bond acceptors (Lipinski definition) is 5. The van der Waals surface area contributed by atoms with Gasteiger partial charge in [-0.1, -0.05) is 53.7 Å². The lowest BCUT2D eigenvalue weighted by Gasteiger charge is -2.09. The summed E-state index contributed by atoms with van der Waals surface area (Å²) < 4.78 is 15.3. The molecule has 0 saturated carbocycles. The van der Waals surface area contributed by atoms with Crippen LogP contribution < -0.4 is 4.74 Å². The molecule has 1 heterocycles. The topological polar surface area (TPSA) is 61.6 Å². The number of esters is 1. The number of carbonyl (C=O) groups excluding carboxylic acids is 1. The maximum absolute atomic E-state index is 12.1. The Labute approximate surface area is 155 Å². The molecule has 0 saturated heterocycles. The van der Waals surface area contributed by atoms with E-state index >= 15 is 0 Å². The van der Waals surface area contributed by atoms with Gasteiger partial charge in [0.05, 0.1) is 19.8 Å². The molecule has 0 radical (unpaired) electrons. The molecule has 1 aromatic heterocycles. The number of halogens is 1. The smallest absolute Gasteiger partial charge is 0.342 e. The lowest BCUT2D eigenvalue weighted by atomic mass is 10.0. The molecular weight excluding hydrogens is 354 g/mol. The Bertz CT molecular complexity index is 948. The van der Waals surface area contributed by atoms with E-state index in [9.17, 15) is 4.79 Å². The largest absolute Gasteiger partial charge is 0.496 e. The van der Waals surface area contributed by atoms with Crippen LogP contribution in [0, 0.1) is 0 Å². The van der Waals surface area contributed by atoms with Crippen LogP contribution in [0.25, 0.3) is 23.4 Å². The number of aromatic nitrogens is 1. The van der Waals surface area contributed by atoms with E-state index < -0.39 is 5.97 Å². The van der Waals surface area contributed by atoms with Gasteiger partial charge < -0.3 is 14.0 Å². The molecule has 0 unspecified atom stereocenters. The molecule has 5 nitrogen and oxygen atoms in total. The first-order chi connectivity index (χ1) is 12.7. The summed E-state index contributed by atoms with van der Waals surface area (Å²) in [5.74, 6) is -0.0551. The molecular formula is C20H16ClNO4. The summed E-state index contributed by atoms with van der Waals surface area (Å²) in [6, 6.07) is 14.8. The fourth-order valence-electron chi connectivity index (χ4n) is 2.58. The first kappa shape index (κ1) is 17.8. The van der Waals surface area contributed by atoms with E-state index in [1.165, 1.54) is 14.2 Å². The van der Waals surface area contributed by atoms with Gasteiger partial charge in [0.1, 0.15) is 17.0 Å². The van der Waals surface area contributed by atoms with Crippen molar-refractivity contribution in [2.45, 2.75) is 0 Å². The molecule has 0 N–H and O–H groups in total. The van der Waals surface area contributed by atoms with E-state index in [4.69, 9.17) is 25.6 Å². The number of hydrogen-bond donors (Lipinski definition) is 0. The third-order valence-electron chi connectivity index (χ3n) is 3.83. The van der Waals surface area contributed by atoms with Gasteiger partial charge in [0.2, 0.25) is 5.22 Å². The molecule has 3 aromatic rings. The molecule has 6 heteroatoms. The first-order valence-corrected chi connectivity index (χ1v) is 8.17. The average molecular weight is 370 g/mol. The highest BCUT2D eigenvalue weighted by Gasteiger charge is 2.17. The molecule has 2 aromatic carbocycles. The molecule has 0 atom stereocenters. The predicted molar refractivity (Wildman–Crippen MR) is 100 cm³/mol. The Hall–Kier alpha value is -3.05. The summed E-state index contributed by atoms with van der Waals surface area (Å²) in [7, 11) is 2.83. The number of ether oxygens (including phenoxy) is 2. The van der Waals surface area contributed by atoms with Crippen LogP contribution in [0.5, 0.6) is 5.75 Å². The van der Waals surface area contributed by atoms with Crippen molar-refractivity contribution in [2.75, 3.05) is 14.2 Å². The van der Waals surface area contributed by atoms with Crippen LogP contribution in [0.1, 0.15) is 21.5 Å². The van der Waals surface area contributed by atoms with Crippen molar-refractivity contribution in [3.05, 3.63) is 70.4 Å². The maximum Gasteiger partial charge on any atom is 0.342 e. The molecule has 0 aliphatic rings. The van der Waals surface area contributed by atoms with Crippen molar-refractivity contribution in [3.63, 3.8) is 0 Å². The van der Waals surface area contributed by atoms with E-state index in [2.05, 4.69) is 5.16 Å². The van der Waals surface area contributed by atoms with Crippen LogP contribution in [0.2, 0.25) is 5.22 Å². The zero-order valence-corrected chi connectivity index (χ0v) is 15.0. The second-order valence-corrected chi connectivity index (χ2v) is 5.68. The summed E-state index contributed by atoms with van der Waals surface area (Å²) in [5, 5.41) is 4.20. The van der Waals surface area contributed by atoms with Crippen LogP contribution in [-0.2, 0) is 4.74 Å². The Morgan fingerprint density at radius 1 is 1.08 bits per heavy atom. The number of nitrogens with zero attached hydrogens (tertiary/aromatic N) is 1. The van der Waals surface area contributed by atoms with Crippen LogP contribution in [-0.4, -0.2) is 25.3 Å². The van der Waals surface area contributed by atoms with Gasteiger partial charge in [-0.05, 0) is 29.3 Å². The Morgan fingerprint density at radius 2 is 1.85 bits per heavy atom. The second kappa shape index (κ2) is 7.89. The highest BCUT2D eigenvalue weighted by Crippen LogP contribution is 2.31. The van der Waals surface area contributed by atoms with Crippen LogP contribution in [0.4, 0.5) is 0 Å². The summed E-state index contributed by atoms with van der Waals surface area (Å²) in [6.45, 7) is 0. The summed E-state index contributed by atoms with van der Waals surface area (Å²) in [4.78, 5) is 12.1. The molecule has 0 spiro atoms. The van der Waals surface area contributed by atoms with E-state index in [1.807, 2.05) is 30.3 Å². The van der Waals surface area contributed by atoms with Crippen molar-refractivity contribution >= 4 is 29.7 Å². The van der Waals surface area contributed by atoms with Crippen LogP contribution in [0.15, 0.2) is 53.1 Å². The maximum atomic E-state index is 12.1. The average Bonchev–Trinajstić information content (AvgIpc) is 3.06. The van der Waals surface area contributed by atoms with E-state index in [1.54, 1.807) is 30.4 Å². The minimum Gasteiger partial charge on any atom is -0.496 e. The lowest BCUT2D eigenvalue weighted by molar-refractivity contribution is 0.0597. The Morgan fingerprint density at radius 3 is 2.54 bits per heavy atom. The fourth-order valence-corrected chi connectivity index (χ4v) is 2.76. The number of benzene rings is 2. The Kier molecular flexibility index (Phi) is 5.39. The second-order valence-electron chi connectivity index (χ2n) is 5.33. The predicted octanol–water partition coefficient (Wildman–Crippen LogP) is 4.96. The van der Waals surface area contributed by atoms with Gasteiger partial charge in [-0.3, -0.25) is 0 Å². The Balaban J connectivity index is 2.05. The van der Waals surface area contributed by atoms with Crippen molar-refractivity contribution in [1.82, 2.24) is 5.16 Å². The molecule has 0 aliphatic carbocycles. The molecule has 26 heavy (non-hydrogen) atoms. The number of methoxy groups -OCH3 is 2. The van der Waals surface area contributed by atoms with Crippen molar-refractivity contribution < 1.29 is 18.8 Å². The highest BCUT2D eigenvalue weighted by molar-refractivity contribution is 6.30. The van der Waals surface area contributed by atoms with E-state index in [0.29, 0.717) is 28.1 Å². The van der Waals surface area contributed by atoms with Crippen molar-refractivity contribution in [2.24, 2.45) is 0 Å². The van der Waals surface area contributed by atoms with Gasteiger partial charge in [-0.25, -0.2) is 4.79 Å². The van der Waals surface area contributed by atoms with Gasteiger partial charge in [0.15, 0.2) is 0 Å². The molecule has 0 aliphatic heterocycles. The number of carbonyl (C=O) groups is 1. The van der Waals surface area contributed by atoms with Crippen LogP contribution >= 0.6 is 11.6 Å². The summed E-state index contributed by atoms with van der Waals surface area (Å²) >= 11 is 6.15. The van der Waals surface area contributed by atoms with Crippen molar-refractivity contribution in [3.8, 4) is 17.0 Å². The zero-order chi connectivity index (χ0) is 18.5. The lowest BCUT2D eigenvalue weighted by Crippen LogP contribution is -2.06. The van der Waals surface area contributed by atoms with Gasteiger partial charge in [-0.2, -0.15) is 0 Å². The monoisotopic (exact) mass is 369 g/mol. The van der Waals surface area contributed by atoms with Gasteiger partial charge in [0, 0.05) is 5.56 Å². The third kappa shape index (κ3) is 3.48. The minimum atomic E-state index is -0.484. The molecule has 0 fully saturated rings. The van der Waals surface area contributed by atoms with Crippen LogP contribution in [0.3, 0.4) is 0 Å². The first-order valence-electron chi connectivity index (χ1n) is 7.79. The van der Waals surface area contributed by atoms with E-state index in [-0.39, 0.29) is 5.22 Å². The third-order valence-corrected chi connectivity index (χ3v) is 4.10. The molecule has 0 amide bonds. The van der Waals surface area contributed by atoms with Gasteiger partial charge in [-0.15, -0.1) is 0 Å². The van der Waals surface area contributed by atoms with Gasteiger partial charge in [0.25, 0.3) is 0 Å². The zero-order valence-electron chi connectivity index (χ0n) is 14.2. The molecule has 0 bridgehead atoms. The fraction of sp³-hybridized carbons (Fsp3) is 0.100. The quantitative estimate of drug-likeness (QED) is 0.595. The number of rotatable bonds is 5. The van der Waals surface area contributed by atoms with Crippen molar-refractivity contribution in [1.29, 1.82) is 0 Å². The van der Waals surface area contributed by atoms with Gasteiger partial charge >= 0.3 is 5.97 Å². The molecule has 3 rings (SSSR count). The molecule has 132 valence electrons. The summed E-state index contributed by atoms with van der Waals surface area (Å²) in [6.07, 6.45) is 3.50.